The summed E-state index contributed by atoms with van der Waals surface area (Å²) in [6.07, 6.45) is 8.73. The zero-order valence-corrected chi connectivity index (χ0v) is 11.7. The molecular formula is C15H27NO2. The van der Waals surface area contributed by atoms with Gasteiger partial charge in [-0.25, -0.2) is 0 Å². The van der Waals surface area contributed by atoms with Crippen LogP contribution in [0.15, 0.2) is 12.2 Å². The molecule has 1 N–H and O–H groups in total. The Morgan fingerprint density at radius 3 is 2.78 bits per heavy atom. The fraction of sp³-hybridized carbons (Fsp3) is 0.867. The molecule has 0 aromatic rings. The van der Waals surface area contributed by atoms with Crippen LogP contribution < -0.4 is 5.32 Å². The molecule has 0 saturated heterocycles. The summed E-state index contributed by atoms with van der Waals surface area (Å²) in [6, 6.07) is 0.643. The van der Waals surface area contributed by atoms with E-state index in [-0.39, 0.29) is 0 Å². The lowest BCUT2D eigenvalue weighted by Gasteiger charge is -2.26. The van der Waals surface area contributed by atoms with Crippen molar-refractivity contribution in [3.8, 4) is 0 Å². The summed E-state index contributed by atoms with van der Waals surface area (Å²) in [5.74, 6) is 2.58. The molecule has 1 saturated carbocycles. The molecule has 3 heteroatoms. The first-order valence-electron chi connectivity index (χ1n) is 7.29. The van der Waals surface area contributed by atoms with Gasteiger partial charge in [-0.2, -0.15) is 0 Å². The van der Waals surface area contributed by atoms with Gasteiger partial charge in [0.2, 0.25) is 0 Å². The highest BCUT2D eigenvalue weighted by Gasteiger charge is 2.38. The van der Waals surface area contributed by atoms with Gasteiger partial charge in [0.1, 0.15) is 0 Å². The molecule has 0 spiro atoms. The Kier molecular flexibility index (Phi) is 5.67. The van der Waals surface area contributed by atoms with Crippen molar-refractivity contribution in [1.29, 1.82) is 0 Å². The van der Waals surface area contributed by atoms with E-state index in [1.54, 1.807) is 7.11 Å². The molecule has 4 unspecified atom stereocenters. The molecule has 2 aliphatic rings. The van der Waals surface area contributed by atoms with Gasteiger partial charge in [-0.3, -0.25) is 0 Å². The van der Waals surface area contributed by atoms with Crippen LogP contribution in [-0.2, 0) is 9.47 Å². The second kappa shape index (κ2) is 7.27. The summed E-state index contributed by atoms with van der Waals surface area (Å²) >= 11 is 0. The Morgan fingerprint density at radius 2 is 2.11 bits per heavy atom. The molecule has 104 valence electrons. The fourth-order valence-electron chi connectivity index (χ4n) is 3.30. The van der Waals surface area contributed by atoms with Crippen LogP contribution in [0.2, 0.25) is 0 Å². The topological polar surface area (TPSA) is 30.5 Å². The molecule has 0 heterocycles. The lowest BCUT2D eigenvalue weighted by Crippen LogP contribution is -2.36. The van der Waals surface area contributed by atoms with Crippen LogP contribution in [-0.4, -0.2) is 39.5 Å². The maximum Gasteiger partial charge on any atom is 0.0700 e. The van der Waals surface area contributed by atoms with Crippen molar-refractivity contribution in [1.82, 2.24) is 5.32 Å². The molecule has 2 bridgehead atoms. The van der Waals surface area contributed by atoms with Crippen LogP contribution >= 0.6 is 0 Å². The summed E-state index contributed by atoms with van der Waals surface area (Å²) in [5.41, 5.74) is 0. The van der Waals surface area contributed by atoms with Crippen LogP contribution in [0.25, 0.3) is 0 Å². The predicted molar refractivity (Wildman–Crippen MR) is 73.6 cm³/mol. The predicted octanol–water partition coefficient (Wildman–Crippen LogP) is 2.23. The summed E-state index contributed by atoms with van der Waals surface area (Å²) in [7, 11) is 1.70. The molecule has 0 aromatic heterocycles. The quantitative estimate of drug-likeness (QED) is 0.505. The molecule has 1 fully saturated rings. The van der Waals surface area contributed by atoms with Crippen molar-refractivity contribution < 1.29 is 9.47 Å². The number of allylic oxidation sites excluding steroid dienone is 2. The van der Waals surface area contributed by atoms with Crippen LogP contribution in [0.4, 0.5) is 0 Å². The minimum absolute atomic E-state index is 0.643. The molecule has 2 rings (SSSR count). The maximum atomic E-state index is 5.45. The minimum atomic E-state index is 0.643. The van der Waals surface area contributed by atoms with Crippen molar-refractivity contribution in [3.63, 3.8) is 0 Å². The third-order valence-corrected chi connectivity index (χ3v) is 4.34. The van der Waals surface area contributed by atoms with E-state index in [1.807, 2.05) is 0 Å². The SMILES string of the molecule is COCCOCCCNC(C)C1CC2C=CC1C2. The van der Waals surface area contributed by atoms with E-state index in [9.17, 15) is 0 Å². The summed E-state index contributed by atoms with van der Waals surface area (Å²) in [5, 5.41) is 3.66. The van der Waals surface area contributed by atoms with Crippen molar-refractivity contribution in [2.75, 3.05) is 33.5 Å². The first-order valence-corrected chi connectivity index (χ1v) is 7.29. The smallest absolute Gasteiger partial charge is 0.0700 e. The van der Waals surface area contributed by atoms with E-state index in [4.69, 9.17) is 9.47 Å². The molecule has 18 heavy (non-hydrogen) atoms. The Bertz CT molecular complexity index is 267. The Balaban J connectivity index is 1.50. The molecule has 0 amide bonds. The normalized spacial score (nSPS) is 31.1. The Hall–Kier alpha value is -0.380. The Labute approximate surface area is 111 Å². The van der Waals surface area contributed by atoms with Gasteiger partial charge < -0.3 is 14.8 Å². The van der Waals surface area contributed by atoms with E-state index in [0.717, 1.165) is 37.3 Å². The highest BCUT2D eigenvalue weighted by molar-refractivity contribution is 5.11. The zero-order valence-electron chi connectivity index (χ0n) is 11.7. The summed E-state index contributed by atoms with van der Waals surface area (Å²) < 4.78 is 10.4. The lowest BCUT2D eigenvalue weighted by molar-refractivity contribution is 0.0690. The number of methoxy groups -OCH3 is 1. The third-order valence-electron chi connectivity index (χ3n) is 4.34. The van der Waals surface area contributed by atoms with Crippen LogP contribution in [0.5, 0.6) is 0 Å². The zero-order chi connectivity index (χ0) is 12.8. The van der Waals surface area contributed by atoms with E-state index >= 15 is 0 Å². The summed E-state index contributed by atoms with van der Waals surface area (Å²) in [4.78, 5) is 0. The second-order valence-corrected chi connectivity index (χ2v) is 5.65. The van der Waals surface area contributed by atoms with Gasteiger partial charge in [-0.15, -0.1) is 0 Å². The van der Waals surface area contributed by atoms with Crippen molar-refractivity contribution in [2.24, 2.45) is 17.8 Å². The average Bonchev–Trinajstić information content (AvgIpc) is 2.99. The van der Waals surface area contributed by atoms with Gasteiger partial charge in [0.15, 0.2) is 0 Å². The van der Waals surface area contributed by atoms with Gasteiger partial charge in [0.05, 0.1) is 13.2 Å². The monoisotopic (exact) mass is 253 g/mol. The highest BCUT2D eigenvalue weighted by Crippen LogP contribution is 2.44. The fourth-order valence-corrected chi connectivity index (χ4v) is 3.30. The highest BCUT2D eigenvalue weighted by atomic mass is 16.5. The molecule has 3 nitrogen and oxygen atoms in total. The van der Waals surface area contributed by atoms with Gasteiger partial charge in [-0.1, -0.05) is 12.2 Å². The van der Waals surface area contributed by atoms with Crippen molar-refractivity contribution >= 4 is 0 Å². The average molecular weight is 253 g/mol. The minimum Gasteiger partial charge on any atom is -0.382 e. The number of rotatable bonds is 9. The maximum absolute atomic E-state index is 5.45. The second-order valence-electron chi connectivity index (χ2n) is 5.65. The van der Waals surface area contributed by atoms with E-state index in [1.165, 1.54) is 12.8 Å². The van der Waals surface area contributed by atoms with Gasteiger partial charge in [0, 0.05) is 19.8 Å². The number of fused-ring (bicyclic) bond motifs is 2. The van der Waals surface area contributed by atoms with Crippen LogP contribution in [0, 0.1) is 17.8 Å². The molecular weight excluding hydrogens is 226 g/mol. The third kappa shape index (κ3) is 3.81. The van der Waals surface area contributed by atoms with Gasteiger partial charge in [0.25, 0.3) is 0 Å². The number of hydrogen-bond acceptors (Lipinski definition) is 3. The van der Waals surface area contributed by atoms with Crippen LogP contribution in [0.3, 0.4) is 0 Å². The van der Waals surface area contributed by atoms with E-state index in [2.05, 4.69) is 24.4 Å². The van der Waals surface area contributed by atoms with Gasteiger partial charge in [-0.05, 0) is 50.5 Å². The molecule has 2 aliphatic carbocycles. The molecule has 0 aromatic carbocycles. The molecule has 0 aliphatic heterocycles. The number of nitrogens with one attached hydrogen (secondary N) is 1. The first kappa shape index (κ1) is 14.0. The molecule has 0 radical (unpaired) electrons. The standard InChI is InChI=1S/C15H27NO2/c1-12(15-11-13-4-5-14(15)10-13)16-6-3-7-18-9-8-17-2/h4-5,12-16H,3,6-11H2,1-2H3. The van der Waals surface area contributed by atoms with Crippen molar-refractivity contribution in [3.05, 3.63) is 12.2 Å². The van der Waals surface area contributed by atoms with Crippen LogP contribution in [0.1, 0.15) is 26.2 Å². The number of hydrogen-bond donors (Lipinski definition) is 1. The summed E-state index contributed by atoms with van der Waals surface area (Å²) in [6.45, 7) is 5.64. The van der Waals surface area contributed by atoms with E-state index in [0.29, 0.717) is 19.3 Å². The lowest BCUT2D eigenvalue weighted by atomic mass is 9.87. The Morgan fingerprint density at radius 1 is 1.22 bits per heavy atom. The largest absolute Gasteiger partial charge is 0.382 e. The first-order chi connectivity index (χ1) is 8.81. The number of ether oxygens (including phenoxy) is 2. The van der Waals surface area contributed by atoms with E-state index < -0.39 is 0 Å². The van der Waals surface area contributed by atoms with Crippen molar-refractivity contribution in [2.45, 2.75) is 32.2 Å². The van der Waals surface area contributed by atoms with Gasteiger partial charge >= 0.3 is 0 Å². The molecule has 4 atom stereocenters.